The van der Waals surface area contributed by atoms with Crippen LogP contribution in [0.5, 0.6) is 5.75 Å². The van der Waals surface area contributed by atoms with Crippen LogP contribution in [0, 0.1) is 0 Å². The normalized spacial score (nSPS) is 10.9. The average molecular weight is 308 g/mol. The summed E-state index contributed by atoms with van der Waals surface area (Å²) in [4.78, 5) is 22.6. The summed E-state index contributed by atoms with van der Waals surface area (Å²) in [5.41, 5.74) is 0.0267. The zero-order valence-electron chi connectivity index (χ0n) is 13.3. The molecule has 0 bridgehead atoms. The smallest absolute Gasteiger partial charge is 0.319 e. The van der Waals surface area contributed by atoms with Gasteiger partial charge in [0.1, 0.15) is 5.75 Å². The Morgan fingerprint density at radius 1 is 1.32 bits per heavy atom. The minimum atomic E-state index is -0.879. The first-order valence-electron chi connectivity index (χ1n) is 7.36. The highest BCUT2D eigenvalue weighted by molar-refractivity contribution is 5.89. The minimum Gasteiger partial charge on any atom is -0.494 e. The van der Waals surface area contributed by atoms with Crippen molar-refractivity contribution in [3.8, 4) is 5.75 Å². The number of nitrogens with one attached hydrogen (secondary N) is 2. The van der Waals surface area contributed by atoms with Gasteiger partial charge in [-0.15, -0.1) is 0 Å². The van der Waals surface area contributed by atoms with Gasteiger partial charge in [0.15, 0.2) is 0 Å². The summed E-state index contributed by atoms with van der Waals surface area (Å²) < 4.78 is 5.51. The largest absolute Gasteiger partial charge is 0.494 e. The lowest BCUT2D eigenvalue weighted by Gasteiger charge is -2.25. The summed E-state index contributed by atoms with van der Waals surface area (Å²) in [7, 11) is 0. The monoisotopic (exact) mass is 308 g/mol. The number of carbonyl (C=O) groups is 2. The van der Waals surface area contributed by atoms with E-state index in [1.54, 1.807) is 32.0 Å². The number of hydrogen-bond donors (Lipinski definition) is 3. The van der Waals surface area contributed by atoms with Crippen molar-refractivity contribution >= 4 is 17.7 Å². The molecule has 0 saturated carbocycles. The van der Waals surface area contributed by atoms with E-state index in [9.17, 15) is 9.59 Å². The molecule has 0 atom stereocenters. The maximum absolute atomic E-state index is 12.0. The van der Waals surface area contributed by atoms with E-state index >= 15 is 0 Å². The summed E-state index contributed by atoms with van der Waals surface area (Å²) in [5.74, 6) is -0.180. The lowest BCUT2D eigenvalue weighted by molar-refractivity contribution is -0.137. The van der Waals surface area contributed by atoms with Crippen molar-refractivity contribution in [1.82, 2.24) is 5.32 Å². The fourth-order valence-electron chi connectivity index (χ4n) is 1.84. The lowest BCUT2D eigenvalue weighted by Crippen LogP contribution is -2.45. The maximum atomic E-state index is 12.0. The molecule has 0 saturated heterocycles. The number of aliphatic carboxylic acids is 1. The highest BCUT2D eigenvalue weighted by Crippen LogP contribution is 2.18. The van der Waals surface area contributed by atoms with E-state index in [4.69, 9.17) is 9.84 Å². The minimum absolute atomic E-state index is 0.00756. The van der Waals surface area contributed by atoms with Gasteiger partial charge in [-0.2, -0.15) is 0 Å². The molecular formula is C16H24N2O4. The summed E-state index contributed by atoms with van der Waals surface area (Å²) >= 11 is 0. The number of carboxylic acids is 1. The van der Waals surface area contributed by atoms with E-state index in [2.05, 4.69) is 10.6 Å². The van der Waals surface area contributed by atoms with Gasteiger partial charge in [0.05, 0.1) is 6.61 Å². The van der Waals surface area contributed by atoms with Crippen LogP contribution in [-0.2, 0) is 4.79 Å². The van der Waals surface area contributed by atoms with Crippen LogP contribution in [0.15, 0.2) is 24.3 Å². The predicted molar refractivity (Wildman–Crippen MR) is 85.3 cm³/mol. The van der Waals surface area contributed by atoms with Crippen molar-refractivity contribution in [2.75, 3.05) is 11.9 Å². The van der Waals surface area contributed by atoms with E-state index in [0.717, 1.165) is 6.42 Å². The van der Waals surface area contributed by atoms with Gasteiger partial charge < -0.3 is 20.5 Å². The Morgan fingerprint density at radius 3 is 2.68 bits per heavy atom. The Hall–Kier alpha value is -2.24. The number of carboxylic acid groups (broad SMARTS) is 1. The Labute approximate surface area is 130 Å². The fourth-order valence-corrected chi connectivity index (χ4v) is 1.84. The van der Waals surface area contributed by atoms with Crippen molar-refractivity contribution in [1.29, 1.82) is 0 Å². The molecule has 6 heteroatoms. The Bertz CT molecular complexity index is 515. The highest BCUT2D eigenvalue weighted by Gasteiger charge is 2.21. The van der Waals surface area contributed by atoms with Gasteiger partial charge in [-0.1, -0.05) is 13.0 Å². The summed E-state index contributed by atoms with van der Waals surface area (Å²) in [5, 5.41) is 14.2. The third kappa shape index (κ3) is 6.97. The average Bonchev–Trinajstić information content (AvgIpc) is 2.43. The van der Waals surface area contributed by atoms with Crippen molar-refractivity contribution in [3.63, 3.8) is 0 Å². The van der Waals surface area contributed by atoms with Crippen LogP contribution < -0.4 is 15.4 Å². The molecule has 1 rings (SSSR count). The molecule has 3 N–H and O–H groups in total. The second-order valence-electron chi connectivity index (χ2n) is 5.73. The van der Waals surface area contributed by atoms with Crippen molar-refractivity contribution < 1.29 is 19.4 Å². The third-order valence-electron chi connectivity index (χ3n) is 2.98. The molecule has 22 heavy (non-hydrogen) atoms. The molecule has 0 fully saturated rings. The SMILES string of the molecule is CCCOc1cccc(NC(=O)NC(C)(C)CCC(=O)O)c1. The topological polar surface area (TPSA) is 87.7 Å². The number of ether oxygens (including phenoxy) is 1. The Balaban J connectivity index is 2.55. The number of urea groups is 1. The molecule has 0 heterocycles. The number of rotatable bonds is 8. The molecule has 0 spiro atoms. The van der Waals surface area contributed by atoms with Crippen LogP contribution in [0.3, 0.4) is 0 Å². The fraction of sp³-hybridized carbons (Fsp3) is 0.500. The van der Waals surface area contributed by atoms with Crippen molar-refractivity contribution in [2.24, 2.45) is 0 Å². The van der Waals surface area contributed by atoms with Crippen LogP contribution in [0.4, 0.5) is 10.5 Å². The van der Waals surface area contributed by atoms with E-state index in [0.29, 0.717) is 24.5 Å². The van der Waals surface area contributed by atoms with E-state index in [1.165, 1.54) is 0 Å². The standard InChI is InChI=1S/C16H24N2O4/c1-4-10-22-13-7-5-6-12(11-13)17-15(21)18-16(2,3)9-8-14(19)20/h5-7,11H,4,8-10H2,1-3H3,(H,19,20)(H2,17,18,21). The number of amides is 2. The van der Waals surface area contributed by atoms with Gasteiger partial charge in [-0.05, 0) is 38.8 Å². The van der Waals surface area contributed by atoms with Gasteiger partial charge >= 0.3 is 12.0 Å². The van der Waals surface area contributed by atoms with Gasteiger partial charge in [-0.25, -0.2) is 4.79 Å². The molecule has 2 amide bonds. The first kappa shape index (κ1) is 17.8. The first-order chi connectivity index (χ1) is 10.3. The van der Waals surface area contributed by atoms with Crippen LogP contribution in [0.2, 0.25) is 0 Å². The van der Waals surface area contributed by atoms with Gasteiger partial charge in [0.2, 0.25) is 0 Å². The second-order valence-corrected chi connectivity index (χ2v) is 5.73. The van der Waals surface area contributed by atoms with Crippen molar-refractivity contribution in [3.05, 3.63) is 24.3 Å². The molecule has 0 aliphatic carbocycles. The zero-order valence-corrected chi connectivity index (χ0v) is 13.3. The van der Waals surface area contributed by atoms with Crippen LogP contribution in [0.25, 0.3) is 0 Å². The molecule has 122 valence electrons. The second kappa shape index (κ2) is 8.26. The zero-order chi connectivity index (χ0) is 16.6. The molecule has 1 aromatic carbocycles. The van der Waals surface area contributed by atoms with Gasteiger partial charge in [0, 0.05) is 23.7 Å². The molecule has 0 aromatic heterocycles. The number of carbonyl (C=O) groups excluding carboxylic acids is 1. The van der Waals surface area contributed by atoms with E-state index in [-0.39, 0.29) is 12.5 Å². The van der Waals surface area contributed by atoms with Crippen molar-refractivity contribution in [2.45, 2.75) is 45.6 Å². The van der Waals surface area contributed by atoms with Crippen LogP contribution in [-0.4, -0.2) is 29.3 Å². The molecule has 0 aliphatic rings. The Morgan fingerprint density at radius 2 is 2.05 bits per heavy atom. The van der Waals surface area contributed by atoms with E-state index < -0.39 is 11.5 Å². The molecule has 1 aromatic rings. The lowest BCUT2D eigenvalue weighted by atomic mass is 9.99. The molecule has 6 nitrogen and oxygen atoms in total. The predicted octanol–water partition coefficient (Wildman–Crippen LogP) is 3.24. The molecule has 0 radical (unpaired) electrons. The Kier molecular flexibility index (Phi) is 6.69. The summed E-state index contributed by atoms with van der Waals surface area (Å²) in [6.45, 7) is 6.22. The molecular weight excluding hydrogens is 284 g/mol. The van der Waals surface area contributed by atoms with Crippen LogP contribution in [0.1, 0.15) is 40.0 Å². The van der Waals surface area contributed by atoms with Crippen LogP contribution >= 0.6 is 0 Å². The maximum Gasteiger partial charge on any atom is 0.319 e. The summed E-state index contributed by atoms with van der Waals surface area (Å²) in [6.07, 6.45) is 1.28. The molecule has 0 unspecified atom stereocenters. The molecule has 0 aliphatic heterocycles. The quantitative estimate of drug-likeness (QED) is 0.688. The first-order valence-corrected chi connectivity index (χ1v) is 7.36. The van der Waals surface area contributed by atoms with Gasteiger partial charge in [-0.3, -0.25) is 4.79 Å². The van der Waals surface area contributed by atoms with E-state index in [1.807, 2.05) is 13.0 Å². The number of anilines is 1. The number of hydrogen-bond acceptors (Lipinski definition) is 3. The van der Waals surface area contributed by atoms with Gasteiger partial charge in [0.25, 0.3) is 0 Å². The number of benzene rings is 1. The summed E-state index contributed by atoms with van der Waals surface area (Å²) in [6, 6.07) is 6.77. The highest BCUT2D eigenvalue weighted by atomic mass is 16.5. The third-order valence-corrected chi connectivity index (χ3v) is 2.98.